The average molecular weight is 393 g/mol. The van der Waals surface area contributed by atoms with Gasteiger partial charge in [-0.15, -0.1) is 11.3 Å². The summed E-state index contributed by atoms with van der Waals surface area (Å²) in [5, 5.41) is 5.06. The van der Waals surface area contributed by atoms with Crippen molar-refractivity contribution in [3.63, 3.8) is 0 Å². The van der Waals surface area contributed by atoms with Gasteiger partial charge in [-0.3, -0.25) is 19.3 Å². The highest BCUT2D eigenvalue weighted by molar-refractivity contribution is 7.14. The molecule has 1 saturated carbocycles. The monoisotopic (exact) mass is 393 g/mol. The van der Waals surface area contributed by atoms with Crippen molar-refractivity contribution in [2.45, 2.75) is 13.3 Å². The number of hydrogen-bond donors (Lipinski definition) is 1. The Kier molecular flexibility index (Phi) is 3.94. The normalized spacial score (nSPS) is 27.5. The van der Waals surface area contributed by atoms with E-state index >= 15 is 0 Å². The Balaban J connectivity index is 1.25. The zero-order chi connectivity index (χ0) is 19.4. The minimum atomic E-state index is -0.396. The maximum atomic E-state index is 12.7. The Morgan fingerprint density at radius 2 is 1.79 bits per heavy atom. The summed E-state index contributed by atoms with van der Waals surface area (Å²) < 4.78 is 0. The number of imide groups is 1. The molecule has 6 nitrogen and oxygen atoms in total. The molecule has 28 heavy (non-hydrogen) atoms. The Morgan fingerprint density at radius 1 is 1.14 bits per heavy atom. The maximum Gasteiger partial charge on any atom is 0.246 e. The number of carbonyl (C=O) groups excluding carboxylic acids is 3. The second kappa shape index (κ2) is 6.38. The van der Waals surface area contributed by atoms with E-state index in [0.717, 1.165) is 22.6 Å². The molecule has 0 radical (unpaired) electrons. The van der Waals surface area contributed by atoms with Crippen molar-refractivity contribution in [3.8, 4) is 11.3 Å². The van der Waals surface area contributed by atoms with E-state index < -0.39 is 5.91 Å². The van der Waals surface area contributed by atoms with Crippen LogP contribution in [-0.2, 0) is 14.4 Å². The van der Waals surface area contributed by atoms with Crippen molar-refractivity contribution < 1.29 is 14.4 Å². The van der Waals surface area contributed by atoms with Gasteiger partial charge in [-0.1, -0.05) is 42.0 Å². The molecule has 2 heterocycles. The molecule has 3 amide bonds. The van der Waals surface area contributed by atoms with Gasteiger partial charge in [0.05, 0.1) is 17.5 Å². The summed E-state index contributed by atoms with van der Waals surface area (Å²) in [5.74, 6) is -1.06. The van der Waals surface area contributed by atoms with Crippen molar-refractivity contribution in [1.29, 1.82) is 0 Å². The van der Waals surface area contributed by atoms with Gasteiger partial charge in [0.2, 0.25) is 17.7 Å². The van der Waals surface area contributed by atoms with Gasteiger partial charge in [-0.25, -0.2) is 4.98 Å². The molecule has 1 aliphatic heterocycles. The van der Waals surface area contributed by atoms with E-state index in [1.165, 1.54) is 16.9 Å². The molecule has 1 N–H and O–H groups in total. The highest BCUT2D eigenvalue weighted by Gasteiger charge is 2.59. The number of thiazole rings is 1. The van der Waals surface area contributed by atoms with E-state index in [2.05, 4.69) is 10.3 Å². The second-order valence-corrected chi connectivity index (χ2v) is 8.57. The zero-order valence-electron chi connectivity index (χ0n) is 15.3. The number of allylic oxidation sites excluding steroid dienone is 2. The summed E-state index contributed by atoms with van der Waals surface area (Å²) in [6.07, 6.45) is 4.97. The first-order valence-corrected chi connectivity index (χ1v) is 10.2. The first-order chi connectivity index (χ1) is 13.5. The third-order valence-electron chi connectivity index (χ3n) is 5.96. The first kappa shape index (κ1) is 17.3. The molecule has 7 heteroatoms. The molecule has 4 atom stereocenters. The largest absolute Gasteiger partial charge is 0.300 e. The summed E-state index contributed by atoms with van der Waals surface area (Å²) in [6.45, 7) is 1.77. The minimum absolute atomic E-state index is 0.149. The number of carbonyl (C=O) groups is 3. The standard InChI is InChI=1S/C21H19N3O3S/c1-11-2-4-12(5-3-11)15-10-28-21(22-15)23-16(25)9-24-19(26)17-13-6-7-14(8-13)18(17)20(24)27/h2-7,10,13-14,17-18H,8-9H2,1H3,(H,22,23,25). The van der Waals surface area contributed by atoms with Crippen LogP contribution in [0.2, 0.25) is 0 Å². The zero-order valence-corrected chi connectivity index (χ0v) is 16.1. The lowest BCUT2D eigenvalue weighted by molar-refractivity contribution is -0.143. The smallest absolute Gasteiger partial charge is 0.246 e. The summed E-state index contributed by atoms with van der Waals surface area (Å²) in [5.41, 5.74) is 2.93. The van der Waals surface area contributed by atoms with E-state index in [9.17, 15) is 14.4 Å². The van der Waals surface area contributed by atoms with E-state index in [-0.39, 0.29) is 42.0 Å². The van der Waals surface area contributed by atoms with E-state index in [1.807, 2.05) is 48.7 Å². The summed E-state index contributed by atoms with van der Waals surface area (Å²) in [7, 11) is 0. The molecule has 1 aromatic heterocycles. The number of nitrogens with zero attached hydrogens (tertiary/aromatic N) is 2. The van der Waals surface area contributed by atoms with E-state index in [1.54, 1.807) is 0 Å². The van der Waals surface area contributed by atoms with Crippen LogP contribution in [-0.4, -0.2) is 34.2 Å². The fourth-order valence-corrected chi connectivity index (χ4v) is 5.35. The van der Waals surface area contributed by atoms with Crippen LogP contribution in [0.15, 0.2) is 41.8 Å². The van der Waals surface area contributed by atoms with Crippen LogP contribution in [0, 0.1) is 30.6 Å². The fourth-order valence-electron chi connectivity index (χ4n) is 4.61. The number of aryl methyl sites for hydroxylation is 1. The molecule has 2 aromatic rings. The number of rotatable bonds is 4. The predicted octanol–water partition coefficient (Wildman–Crippen LogP) is 2.86. The molecular weight excluding hydrogens is 374 g/mol. The van der Waals surface area contributed by atoms with Crippen LogP contribution in [0.1, 0.15) is 12.0 Å². The lowest BCUT2D eigenvalue weighted by Gasteiger charge is -2.16. The van der Waals surface area contributed by atoms with E-state index in [0.29, 0.717) is 5.13 Å². The topological polar surface area (TPSA) is 79.4 Å². The van der Waals surface area contributed by atoms with Crippen LogP contribution in [0.25, 0.3) is 11.3 Å². The number of likely N-dealkylation sites (tertiary alicyclic amines) is 1. The Labute approximate surface area is 166 Å². The minimum Gasteiger partial charge on any atom is -0.300 e. The van der Waals surface area contributed by atoms with Crippen molar-refractivity contribution in [1.82, 2.24) is 9.88 Å². The number of hydrogen-bond acceptors (Lipinski definition) is 5. The number of aromatic nitrogens is 1. The summed E-state index contributed by atoms with van der Waals surface area (Å²) in [6, 6.07) is 7.99. The third-order valence-corrected chi connectivity index (χ3v) is 6.72. The molecule has 3 aliphatic rings. The first-order valence-electron chi connectivity index (χ1n) is 9.37. The molecular formula is C21H19N3O3S. The van der Waals surface area contributed by atoms with Gasteiger partial charge >= 0.3 is 0 Å². The van der Waals surface area contributed by atoms with Crippen molar-refractivity contribution >= 4 is 34.2 Å². The maximum absolute atomic E-state index is 12.7. The number of anilines is 1. The van der Waals surface area contributed by atoms with Gasteiger partial charge in [-0.05, 0) is 25.2 Å². The average Bonchev–Trinajstić information content (AvgIpc) is 3.44. The van der Waals surface area contributed by atoms with Crippen molar-refractivity contribution in [2.24, 2.45) is 23.7 Å². The number of fused-ring (bicyclic) bond motifs is 5. The van der Waals surface area contributed by atoms with Gasteiger partial charge in [0.15, 0.2) is 5.13 Å². The lowest BCUT2D eigenvalue weighted by atomic mass is 9.85. The lowest BCUT2D eigenvalue weighted by Crippen LogP contribution is -2.39. The number of benzene rings is 1. The fraction of sp³-hybridized carbons (Fsp3) is 0.333. The van der Waals surface area contributed by atoms with Gasteiger partial charge in [0, 0.05) is 10.9 Å². The Morgan fingerprint density at radius 3 is 2.43 bits per heavy atom. The SMILES string of the molecule is Cc1ccc(-c2csc(NC(=O)CN3C(=O)C4C5C=CC(C5)C4C3=O)n2)cc1. The van der Waals surface area contributed by atoms with Crippen LogP contribution < -0.4 is 5.32 Å². The van der Waals surface area contributed by atoms with Gasteiger partial charge < -0.3 is 5.32 Å². The molecule has 2 aliphatic carbocycles. The molecule has 2 fully saturated rings. The Hall–Kier alpha value is -2.80. The predicted molar refractivity (Wildman–Crippen MR) is 105 cm³/mol. The van der Waals surface area contributed by atoms with Crippen molar-refractivity contribution in [2.75, 3.05) is 11.9 Å². The summed E-state index contributed by atoms with van der Waals surface area (Å²) >= 11 is 1.32. The second-order valence-electron chi connectivity index (χ2n) is 7.71. The van der Waals surface area contributed by atoms with Crippen LogP contribution in [0.5, 0.6) is 0 Å². The van der Waals surface area contributed by atoms with Crippen LogP contribution >= 0.6 is 11.3 Å². The molecule has 0 spiro atoms. The Bertz CT molecular complexity index is 980. The van der Waals surface area contributed by atoms with Gasteiger partial charge in [-0.2, -0.15) is 0 Å². The molecule has 4 unspecified atom stereocenters. The van der Waals surface area contributed by atoms with Crippen molar-refractivity contribution in [3.05, 3.63) is 47.4 Å². The quantitative estimate of drug-likeness (QED) is 0.640. The third kappa shape index (κ3) is 2.69. The highest BCUT2D eigenvalue weighted by Crippen LogP contribution is 2.52. The molecule has 142 valence electrons. The van der Waals surface area contributed by atoms with Crippen LogP contribution in [0.3, 0.4) is 0 Å². The molecule has 2 bridgehead atoms. The van der Waals surface area contributed by atoms with E-state index in [4.69, 9.17) is 0 Å². The summed E-state index contributed by atoms with van der Waals surface area (Å²) in [4.78, 5) is 43.4. The number of nitrogens with one attached hydrogen (secondary N) is 1. The van der Waals surface area contributed by atoms with Gasteiger partial charge in [0.1, 0.15) is 6.54 Å². The van der Waals surface area contributed by atoms with Crippen LogP contribution in [0.4, 0.5) is 5.13 Å². The number of amides is 3. The molecule has 1 aromatic carbocycles. The van der Waals surface area contributed by atoms with Gasteiger partial charge in [0.25, 0.3) is 0 Å². The molecule has 1 saturated heterocycles. The highest BCUT2D eigenvalue weighted by atomic mass is 32.1. The molecule has 5 rings (SSSR count).